The van der Waals surface area contributed by atoms with Crippen molar-refractivity contribution < 1.29 is 14.3 Å². The molecule has 0 aliphatic carbocycles. The average Bonchev–Trinajstić information content (AvgIpc) is 2.29. The number of hydrogen-bond acceptors (Lipinski definition) is 5. The molecule has 1 aromatic rings. The number of nitrogens with zero attached hydrogens (tertiary/aromatic N) is 2. The van der Waals surface area contributed by atoms with Crippen LogP contribution in [0.2, 0.25) is 0 Å². The quantitative estimate of drug-likeness (QED) is 0.391. The van der Waals surface area contributed by atoms with Crippen molar-refractivity contribution in [2.24, 2.45) is 0 Å². The molecule has 0 saturated carbocycles. The molecular formula is C10H8N2O3. The van der Waals surface area contributed by atoms with Crippen LogP contribution in [-0.4, -0.2) is 29.3 Å². The zero-order valence-electron chi connectivity index (χ0n) is 8.06. The Bertz CT molecular complexity index is 415. The SMILES string of the molecule is COC(=O)c1ncc(C#CCC=O)cn1. The fourth-order valence-electron chi connectivity index (χ4n) is 0.784. The Morgan fingerprint density at radius 3 is 2.73 bits per heavy atom. The third kappa shape index (κ3) is 3.19. The van der Waals surface area contributed by atoms with E-state index >= 15 is 0 Å². The molecule has 0 atom stereocenters. The molecule has 0 unspecified atom stereocenters. The van der Waals surface area contributed by atoms with E-state index in [1.54, 1.807) is 0 Å². The number of aldehydes is 1. The highest BCUT2D eigenvalue weighted by Gasteiger charge is 2.07. The molecule has 0 spiro atoms. The lowest BCUT2D eigenvalue weighted by Gasteiger charge is -1.95. The highest BCUT2D eigenvalue weighted by molar-refractivity contribution is 5.84. The zero-order chi connectivity index (χ0) is 11.1. The first-order valence-electron chi connectivity index (χ1n) is 4.10. The van der Waals surface area contributed by atoms with E-state index < -0.39 is 5.97 Å². The summed E-state index contributed by atoms with van der Waals surface area (Å²) in [7, 11) is 1.25. The number of carbonyl (C=O) groups is 2. The molecule has 0 saturated heterocycles. The predicted molar refractivity (Wildman–Crippen MR) is 50.9 cm³/mol. The number of carbonyl (C=O) groups excluding carboxylic acids is 2. The molecule has 5 heteroatoms. The number of hydrogen-bond donors (Lipinski definition) is 0. The summed E-state index contributed by atoms with van der Waals surface area (Å²) in [5.41, 5.74) is 0.546. The minimum atomic E-state index is -0.595. The van der Waals surface area contributed by atoms with Gasteiger partial charge < -0.3 is 9.53 Å². The van der Waals surface area contributed by atoms with Gasteiger partial charge in [-0.25, -0.2) is 14.8 Å². The van der Waals surface area contributed by atoms with Gasteiger partial charge in [-0.15, -0.1) is 0 Å². The van der Waals surface area contributed by atoms with Crippen molar-refractivity contribution in [1.29, 1.82) is 0 Å². The Morgan fingerprint density at radius 1 is 1.53 bits per heavy atom. The van der Waals surface area contributed by atoms with Crippen LogP contribution in [0.15, 0.2) is 12.4 Å². The van der Waals surface area contributed by atoms with E-state index in [0.29, 0.717) is 11.8 Å². The molecule has 0 aliphatic heterocycles. The fraction of sp³-hybridized carbons (Fsp3) is 0.200. The number of ether oxygens (including phenoxy) is 1. The van der Waals surface area contributed by atoms with E-state index in [1.807, 2.05) is 0 Å². The number of rotatable bonds is 2. The maximum absolute atomic E-state index is 11.0. The van der Waals surface area contributed by atoms with Gasteiger partial charge in [-0.05, 0) is 0 Å². The van der Waals surface area contributed by atoms with Crippen molar-refractivity contribution in [2.45, 2.75) is 6.42 Å². The van der Waals surface area contributed by atoms with Gasteiger partial charge in [-0.3, -0.25) is 0 Å². The van der Waals surface area contributed by atoms with Crippen LogP contribution in [0, 0.1) is 11.8 Å². The van der Waals surface area contributed by atoms with Crippen LogP contribution < -0.4 is 0 Å². The first-order chi connectivity index (χ1) is 7.27. The lowest BCUT2D eigenvalue weighted by molar-refractivity contribution is -0.107. The van der Waals surface area contributed by atoms with E-state index in [2.05, 4.69) is 26.5 Å². The molecule has 0 fully saturated rings. The second kappa shape index (κ2) is 5.50. The summed E-state index contributed by atoms with van der Waals surface area (Å²) in [4.78, 5) is 28.4. The fourth-order valence-corrected chi connectivity index (χ4v) is 0.784. The largest absolute Gasteiger partial charge is 0.463 e. The third-order valence-electron chi connectivity index (χ3n) is 1.44. The average molecular weight is 204 g/mol. The summed E-state index contributed by atoms with van der Waals surface area (Å²) in [5.74, 6) is 4.66. The van der Waals surface area contributed by atoms with Gasteiger partial charge >= 0.3 is 5.97 Å². The molecule has 1 aromatic heterocycles. The second-order valence-electron chi connectivity index (χ2n) is 2.46. The summed E-state index contributed by atoms with van der Waals surface area (Å²) in [6.45, 7) is 0. The Labute approximate surface area is 86.5 Å². The van der Waals surface area contributed by atoms with Crippen LogP contribution in [0.25, 0.3) is 0 Å². The first-order valence-corrected chi connectivity index (χ1v) is 4.10. The standard InChI is InChI=1S/C10H8N2O3/c1-15-10(14)9-11-6-8(7-12-9)4-2-3-5-13/h5-7H,3H2,1H3. The summed E-state index contributed by atoms with van der Waals surface area (Å²) in [5, 5.41) is 0. The molecule has 0 bridgehead atoms. The Balaban J connectivity index is 2.77. The van der Waals surface area contributed by atoms with Crippen molar-refractivity contribution in [3.05, 3.63) is 23.8 Å². The molecule has 76 valence electrons. The molecule has 1 rings (SSSR count). The first kappa shape index (κ1) is 10.9. The van der Waals surface area contributed by atoms with Gasteiger partial charge in [0.25, 0.3) is 0 Å². The molecule has 0 N–H and O–H groups in total. The zero-order valence-corrected chi connectivity index (χ0v) is 8.06. The normalized spacial score (nSPS) is 8.60. The van der Waals surface area contributed by atoms with Gasteiger partial charge in [0.05, 0.1) is 19.1 Å². The van der Waals surface area contributed by atoms with Crippen molar-refractivity contribution >= 4 is 12.3 Å². The van der Waals surface area contributed by atoms with E-state index in [4.69, 9.17) is 0 Å². The van der Waals surface area contributed by atoms with E-state index in [1.165, 1.54) is 19.5 Å². The Hall–Kier alpha value is -2.22. The van der Waals surface area contributed by atoms with Crippen molar-refractivity contribution in [1.82, 2.24) is 9.97 Å². The summed E-state index contributed by atoms with van der Waals surface area (Å²) in [6, 6.07) is 0. The molecular weight excluding hydrogens is 196 g/mol. The van der Waals surface area contributed by atoms with Gasteiger partial charge in [0.2, 0.25) is 5.82 Å². The predicted octanol–water partition coefficient (Wildman–Crippen LogP) is 0.204. The Kier molecular flexibility index (Phi) is 3.98. The lowest BCUT2D eigenvalue weighted by Crippen LogP contribution is -2.06. The monoisotopic (exact) mass is 204 g/mol. The van der Waals surface area contributed by atoms with Crippen molar-refractivity contribution in [3.63, 3.8) is 0 Å². The van der Waals surface area contributed by atoms with E-state index in [-0.39, 0.29) is 12.2 Å². The van der Waals surface area contributed by atoms with Crippen LogP contribution >= 0.6 is 0 Å². The summed E-state index contributed by atoms with van der Waals surface area (Å²) >= 11 is 0. The molecule has 1 heterocycles. The molecule has 0 aliphatic rings. The number of esters is 1. The van der Waals surface area contributed by atoms with Crippen LogP contribution in [0.5, 0.6) is 0 Å². The highest BCUT2D eigenvalue weighted by Crippen LogP contribution is 1.95. The molecule has 0 aromatic carbocycles. The van der Waals surface area contributed by atoms with Crippen molar-refractivity contribution in [3.8, 4) is 11.8 Å². The smallest absolute Gasteiger partial charge is 0.376 e. The number of aromatic nitrogens is 2. The number of methoxy groups -OCH3 is 1. The molecule has 0 amide bonds. The molecule has 0 radical (unpaired) electrons. The van der Waals surface area contributed by atoms with Gasteiger partial charge in [0.15, 0.2) is 0 Å². The Morgan fingerprint density at radius 2 is 2.20 bits per heavy atom. The second-order valence-corrected chi connectivity index (χ2v) is 2.46. The van der Waals surface area contributed by atoms with E-state index in [0.717, 1.165) is 0 Å². The summed E-state index contributed by atoms with van der Waals surface area (Å²) in [6.07, 6.45) is 3.67. The van der Waals surface area contributed by atoms with Crippen LogP contribution in [0.4, 0.5) is 0 Å². The van der Waals surface area contributed by atoms with E-state index in [9.17, 15) is 9.59 Å². The minimum absolute atomic E-state index is 0.0153. The molecule has 5 nitrogen and oxygen atoms in total. The van der Waals surface area contributed by atoms with Gasteiger partial charge in [-0.1, -0.05) is 11.8 Å². The topological polar surface area (TPSA) is 69.2 Å². The van der Waals surface area contributed by atoms with Gasteiger partial charge in [0.1, 0.15) is 6.29 Å². The van der Waals surface area contributed by atoms with Gasteiger partial charge in [-0.2, -0.15) is 0 Å². The maximum atomic E-state index is 11.0. The third-order valence-corrected chi connectivity index (χ3v) is 1.44. The van der Waals surface area contributed by atoms with Gasteiger partial charge in [0, 0.05) is 12.4 Å². The van der Waals surface area contributed by atoms with Crippen LogP contribution in [0.1, 0.15) is 22.6 Å². The van der Waals surface area contributed by atoms with Crippen LogP contribution in [0.3, 0.4) is 0 Å². The minimum Gasteiger partial charge on any atom is -0.463 e. The summed E-state index contributed by atoms with van der Waals surface area (Å²) < 4.78 is 4.43. The van der Waals surface area contributed by atoms with Crippen LogP contribution in [-0.2, 0) is 9.53 Å². The molecule has 15 heavy (non-hydrogen) atoms. The lowest BCUT2D eigenvalue weighted by atomic mass is 10.3. The van der Waals surface area contributed by atoms with Crippen molar-refractivity contribution in [2.75, 3.05) is 7.11 Å². The maximum Gasteiger partial charge on any atom is 0.376 e. The highest BCUT2D eigenvalue weighted by atomic mass is 16.5.